The van der Waals surface area contributed by atoms with Crippen molar-refractivity contribution < 1.29 is 22.7 Å². The van der Waals surface area contributed by atoms with E-state index < -0.39 is 17.5 Å². The van der Waals surface area contributed by atoms with Crippen molar-refractivity contribution in [2.75, 3.05) is 41.8 Å². The third-order valence-corrected chi connectivity index (χ3v) is 4.98. The molecular formula is C19H16BrF2N5O3. The summed E-state index contributed by atoms with van der Waals surface area (Å²) < 4.78 is 37.7. The van der Waals surface area contributed by atoms with Gasteiger partial charge in [-0.05, 0) is 46.3 Å². The molecule has 2 N–H and O–H groups in total. The summed E-state index contributed by atoms with van der Waals surface area (Å²) >= 11 is 3.53. The number of benzene rings is 2. The van der Waals surface area contributed by atoms with Gasteiger partial charge in [0.1, 0.15) is 0 Å². The standard InChI is InChI=1S/C19H16BrF2N5O3/c20-13-9-11(2-4-16(13)27-5-7-29-8-6-27)23-17(28)18-25-26-19(30-18)24-12-1-3-14(21)15(22)10-12/h1-4,9-10H,5-8H2,(H,23,28)(H,24,26). The fraction of sp³-hybridized carbons (Fsp3) is 0.211. The molecule has 0 spiro atoms. The molecule has 2 aromatic carbocycles. The van der Waals surface area contributed by atoms with Crippen LogP contribution in [-0.4, -0.2) is 42.4 Å². The summed E-state index contributed by atoms with van der Waals surface area (Å²) in [4.78, 5) is 14.6. The molecule has 0 unspecified atom stereocenters. The van der Waals surface area contributed by atoms with Gasteiger partial charge in [0.15, 0.2) is 11.6 Å². The Hall–Kier alpha value is -3.05. The minimum absolute atomic E-state index is 0.130. The van der Waals surface area contributed by atoms with Crippen molar-refractivity contribution in [3.63, 3.8) is 0 Å². The monoisotopic (exact) mass is 479 g/mol. The van der Waals surface area contributed by atoms with Gasteiger partial charge in [0.25, 0.3) is 0 Å². The summed E-state index contributed by atoms with van der Waals surface area (Å²) in [5.41, 5.74) is 1.75. The predicted molar refractivity (Wildman–Crippen MR) is 109 cm³/mol. The first kappa shape index (κ1) is 20.2. The van der Waals surface area contributed by atoms with Gasteiger partial charge in [-0.1, -0.05) is 5.10 Å². The van der Waals surface area contributed by atoms with Crippen LogP contribution in [0.25, 0.3) is 0 Å². The van der Waals surface area contributed by atoms with Crippen molar-refractivity contribution in [2.45, 2.75) is 0 Å². The summed E-state index contributed by atoms with van der Waals surface area (Å²) in [6.07, 6.45) is 0. The van der Waals surface area contributed by atoms with Crippen molar-refractivity contribution in [1.29, 1.82) is 0 Å². The first-order chi connectivity index (χ1) is 14.5. The molecule has 1 aliphatic rings. The van der Waals surface area contributed by atoms with Crippen LogP contribution < -0.4 is 15.5 Å². The Kier molecular flexibility index (Phi) is 5.91. The number of morpholine rings is 1. The van der Waals surface area contributed by atoms with Crippen LogP contribution in [0.5, 0.6) is 0 Å². The average Bonchev–Trinajstić information content (AvgIpc) is 3.20. The molecule has 30 heavy (non-hydrogen) atoms. The van der Waals surface area contributed by atoms with Crippen LogP contribution in [0.3, 0.4) is 0 Å². The number of carbonyl (C=O) groups excluding carboxylic acids is 1. The largest absolute Gasteiger partial charge is 0.399 e. The fourth-order valence-electron chi connectivity index (χ4n) is 2.89. The lowest BCUT2D eigenvalue weighted by Gasteiger charge is -2.29. The van der Waals surface area contributed by atoms with Crippen molar-refractivity contribution in [3.05, 3.63) is 58.4 Å². The van der Waals surface area contributed by atoms with Crippen LogP contribution in [0.4, 0.5) is 31.9 Å². The van der Waals surface area contributed by atoms with Crippen molar-refractivity contribution in [3.8, 4) is 0 Å². The van der Waals surface area contributed by atoms with E-state index in [-0.39, 0.29) is 17.6 Å². The molecule has 156 valence electrons. The Morgan fingerprint density at radius 1 is 1.03 bits per heavy atom. The zero-order valence-electron chi connectivity index (χ0n) is 15.5. The second-order valence-corrected chi connectivity index (χ2v) is 7.24. The number of anilines is 4. The number of halogens is 3. The third-order valence-electron chi connectivity index (χ3n) is 4.35. The van der Waals surface area contributed by atoms with Crippen molar-refractivity contribution in [1.82, 2.24) is 10.2 Å². The number of hydrogen-bond acceptors (Lipinski definition) is 7. The molecule has 4 rings (SSSR count). The number of ether oxygens (including phenoxy) is 1. The molecule has 1 fully saturated rings. The Balaban J connectivity index is 1.41. The van der Waals surface area contributed by atoms with Gasteiger partial charge in [-0.2, -0.15) is 0 Å². The highest BCUT2D eigenvalue weighted by molar-refractivity contribution is 9.10. The van der Waals surface area contributed by atoms with Crippen LogP contribution in [0.15, 0.2) is 45.3 Å². The van der Waals surface area contributed by atoms with Gasteiger partial charge < -0.3 is 24.7 Å². The topological polar surface area (TPSA) is 92.5 Å². The smallest absolute Gasteiger partial charge is 0.320 e. The summed E-state index contributed by atoms with van der Waals surface area (Å²) in [7, 11) is 0. The van der Waals surface area contributed by atoms with Crippen LogP contribution in [-0.2, 0) is 4.74 Å². The molecule has 2 heterocycles. The quantitative estimate of drug-likeness (QED) is 0.572. The van der Waals surface area contributed by atoms with E-state index >= 15 is 0 Å². The zero-order valence-corrected chi connectivity index (χ0v) is 17.1. The van der Waals surface area contributed by atoms with E-state index in [0.29, 0.717) is 18.9 Å². The Morgan fingerprint density at radius 2 is 1.80 bits per heavy atom. The van der Waals surface area contributed by atoms with Gasteiger partial charge in [0.05, 0.1) is 18.9 Å². The number of rotatable bonds is 5. The molecule has 0 bridgehead atoms. The van der Waals surface area contributed by atoms with Gasteiger partial charge in [-0.25, -0.2) is 8.78 Å². The lowest BCUT2D eigenvalue weighted by atomic mass is 10.2. The Bertz CT molecular complexity index is 1070. The minimum Gasteiger partial charge on any atom is -0.399 e. The van der Waals surface area contributed by atoms with Gasteiger partial charge >= 0.3 is 17.8 Å². The van der Waals surface area contributed by atoms with Crippen molar-refractivity contribution in [2.24, 2.45) is 0 Å². The lowest BCUT2D eigenvalue weighted by Crippen LogP contribution is -2.36. The maximum atomic E-state index is 13.3. The van der Waals surface area contributed by atoms with Crippen LogP contribution in [0.2, 0.25) is 0 Å². The van der Waals surface area contributed by atoms with Gasteiger partial charge in [0, 0.05) is 35.0 Å². The number of carbonyl (C=O) groups is 1. The fourth-order valence-corrected chi connectivity index (χ4v) is 3.52. The summed E-state index contributed by atoms with van der Waals surface area (Å²) in [6, 6.07) is 8.51. The molecule has 1 aliphatic heterocycles. The molecule has 1 aromatic heterocycles. The van der Waals surface area contributed by atoms with E-state index in [0.717, 1.165) is 35.4 Å². The van der Waals surface area contributed by atoms with E-state index in [1.54, 1.807) is 12.1 Å². The highest BCUT2D eigenvalue weighted by atomic mass is 79.9. The highest BCUT2D eigenvalue weighted by Crippen LogP contribution is 2.30. The second-order valence-electron chi connectivity index (χ2n) is 6.39. The van der Waals surface area contributed by atoms with Crippen LogP contribution in [0, 0.1) is 11.6 Å². The van der Waals surface area contributed by atoms with Gasteiger partial charge in [0.2, 0.25) is 0 Å². The average molecular weight is 480 g/mol. The number of nitrogens with one attached hydrogen (secondary N) is 2. The van der Waals surface area contributed by atoms with E-state index in [1.807, 2.05) is 6.07 Å². The number of amides is 1. The van der Waals surface area contributed by atoms with E-state index in [9.17, 15) is 13.6 Å². The van der Waals surface area contributed by atoms with Gasteiger partial charge in [-0.15, -0.1) is 5.10 Å². The molecule has 0 radical (unpaired) electrons. The number of aromatic nitrogens is 2. The summed E-state index contributed by atoms with van der Waals surface area (Å²) in [5.74, 6) is -2.89. The molecule has 3 aromatic rings. The minimum atomic E-state index is -1.02. The van der Waals surface area contributed by atoms with E-state index in [1.165, 1.54) is 6.07 Å². The summed E-state index contributed by atoms with van der Waals surface area (Å²) in [5, 5.41) is 12.6. The van der Waals surface area contributed by atoms with Crippen molar-refractivity contribution >= 4 is 44.9 Å². The Morgan fingerprint density at radius 3 is 2.53 bits per heavy atom. The van der Waals surface area contributed by atoms with Gasteiger partial charge in [-0.3, -0.25) is 4.79 Å². The maximum absolute atomic E-state index is 13.3. The van der Waals surface area contributed by atoms with Crippen LogP contribution in [0.1, 0.15) is 10.7 Å². The summed E-state index contributed by atoms with van der Waals surface area (Å²) in [6.45, 7) is 2.92. The lowest BCUT2D eigenvalue weighted by molar-refractivity contribution is 0.0991. The van der Waals surface area contributed by atoms with Crippen LogP contribution >= 0.6 is 15.9 Å². The predicted octanol–water partition coefficient (Wildman–Crippen LogP) is 3.94. The molecule has 11 heteroatoms. The molecule has 0 aliphatic carbocycles. The number of hydrogen-bond donors (Lipinski definition) is 2. The second kappa shape index (κ2) is 8.76. The Labute approximate surface area is 178 Å². The highest BCUT2D eigenvalue weighted by Gasteiger charge is 2.18. The first-order valence-electron chi connectivity index (χ1n) is 8.99. The SMILES string of the molecule is O=C(Nc1ccc(N2CCOCC2)c(Br)c1)c1nnc(Nc2ccc(F)c(F)c2)o1. The molecule has 0 atom stereocenters. The third kappa shape index (κ3) is 4.57. The molecule has 1 saturated heterocycles. The maximum Gasteiger partial charge on any atom is 0.320 e. The first-order valence-corrected chi connectivity index (χ1v) is 9.78. The molecule has 8 nitrogen and oxygen atoms in total. The van der Waals surface area contributed by atoms with E-state index in [2.05, 4.69) is 41.7 Å². The molecular weight excluding hydrogens is 464 g/mol. The normalized spacial score (nSPS) is 13.9. The molecule has 1 amide bonds. The molecule has 0 saturated carbocycles. The zero-order chi connectivity index (χ0) is 21.1. The number of nitrogens with zero attached hydrogens (tertiary/aromatic N) is 3. The van der Waals surface area contributed by atoms with E-state index in [4.69, 9.17) is 9.15 Å².